The Morgan fingerprint density at radius 1 is 1.18 bits per heavy atom. The van der Waals surface area contributed by atoms with E-state index in [0.29, 0.717) is 0 Å². The molecule has 1 fully saturated rings. The number of rotatable bonds is 0. The van der Waals surface area contributed by atoms with Gasteiger partial charge in [0.2, 0.25) is 0 Å². The Balaban J connectivity index is 1.86. The van der Waals surface area contributed by atoms with Crippen molar-refractivity contribution in [1.29, 1.82) is 0 Å². The van der Waals surface area contributed by atoms with Crippen molar-refractivity contribution in [3.63, 3.8) is 0 Å². The van der Waals surface area contributed by atoms with E-state index < -0.39 is 0 Å². The maximum atomic E-state index is 2.66. The molecule has 0 aromatic heterocycles. The third-order valence-corrected chi connectivity index (χ3v) is 4.82. The second-order valence-corrected chi connectivity index (χ2v) is 5.99. The van der Waals surface area contributed by atoms with E-state index in [9.17, 15) is 0 Å². The molecule has 0 N–H and O–H groups in total. The summed E-state index contributed by atoms with van der Waals surface area (Å²) in [6, 6.07) is 7.00. The van der Waals surface area contributed by atoms with E-state index >= 15 is 0 Å². The normalized spacial score (nSPS) is 31.2. The molecule has 17 heavy (non-hydrogen) atoms. The molecular weight excluding hydrogens is 208 g/mol. The highest BCUT2D eigenvalue weighted by atomic mass is 15.2. The van der Waals surface area contributed by atoms with E-state index in [1.54, 1.807) is 16.8 Å². The fourth-order valence-electron chi connectivity index (χ4n) is 4.16. The summed E-state index contributed by atoms with van der Waals surface area (Å²) in [6.45, 7) is 5.11. The molecule has 1 aromatic carbocycles. The monoisotopic (exact) mass is 228 g/mol. The number of para-hydroxylation sites is 1. The molecule has 3 aliphatic heterocycles. The first-order chi connectivity index (χ1) is 8.33. The van der Waals surface area contributed by atoms with E-state index in [2.05, 4.69) is 35.0 Å². The van der Waals surface area contributed by atoms with Gasteiger partial charge < -0.3 is 9.80 Å². The third kappa shape index (κ3) is 1.37. The van der Waals surface area contributed by atoms with E-state index in [1.165, 1.54) is 39.0 Å². The summed E-state index contributed by atoms with van der Waals surface area (Å²) in [7, 11) is 2.27. The van der Waals surface area contributed by atoms with Crippen LogP contribution in [0.3, 0.4) is 0 Å². The minimum atomic E-state index is 0.796. The van der Waals surface area contributed by atoms with Crippen molar-refractivity contribution in [2.24, 2.45) is 5.92 Å². The highest BCUT2D eigenvalue weighted by Crippen LogP contribution is 2.45. The molecule has 1 saturated heterocycles. The Kier molecular flexibility index (Phi) is 2.04. The molecule has 90 valence electrons. The molecule has 4 rings (SSSR count). The largest absolute Gasteiger partial charge is 0.371 e. The maximum absolute atomic E-state index is 2.66. The minimum Gasteiger partial charge on any atom is -0.371 e. The number of benzene rings is 1. The second kappa shape index (κ2) is 3.49. The number of likely N-dealkylation sites (N-methyl/N-ethyl adjacent to an activating group) is 1. The molecule has 0 saturated carbocycles. The van der Waals surface area contributed by atoms with Crippen LogP contribution >= 0.6 is 0 Å². The molecular formula is C15H20N2. The van der Waals surface area contributed by atoms with Crippen LogP contribution in [0.5, 0.6) is 0 Å². The first-order valence-corrected chi connectivity index (χ1v) is 6.88. The van der Waals surface area contributed by atoms with Gasteiger partial charge in [-0.25, -0.2) is 0 Å². The van der Waals surface area contributed by atoms with Crippen LogP contribution in [0.4, 0.5) is 5.69 Å². The number of nitrogens with zero attached hydrogens (tertiary/aromatic N) is 2. The molecule has 0 spiro atoms. The average Bonchev–Trinajstić information content (AvgIpc) is 2.70. The molecule has 2 atom stereocenters. The summed E-state index contributed by atoms with van der Waals surface area (Å²) < 4.78 is 0. The summed E-state index contributed by atoms with van der Waals surface area (Å²) in [6.07, 6.45) is 2.62. The number of likely N-dealkylation sites (tertiary alicyclic amines) is 1. The first-order valence-electron chi connectivity index (χ1n) is 6.88. The molecule has 1 aromatic rings. The lowest BCUT2D eigenvalue weighted by Gasteiger charge is -2.41. The van der Waals surface area contributed by atoms with Crippen LogP contribution in [0.25, 0.3) is 0 Å². The zero-order valence-electron chi connectivity index (χ0n) is 10.5. The SMILES string of the molecule is CN1C[C@H]2CN3CCCc4cccc(c43)[C@H]2C1. The Hall–Kier alpha value is -1.02. The van der Waals surface area contributed by atoms with Gasteiger partial charge in [0, 0.05) is 37.8 Å². The van der Waals surface area contributed by atoms with Crippen LogP contribution in [0.15, 0.2) is 18.2 Å². The van der Waals surface area contributed by atoms with Crippen molar-refractivity contribution in [3.8, 4) is 0 Å². The quantitative estimate of drug-likeness (QED) is 0.671. The number of hydrogen-bond acceptors (Lipinski definition) is 2. The van der Waals surface area contributed by atoms with E-state index in [4.69, 9.17) is 0 Å². The van der Waals surface area contributed by atoms with Gasteiger partial charge in [-0.15, -0.1) is 0 Å². The van der Waals surface area contributed by atoms with Gasteiger partial charge in [-0.05, 0) is 36.9 Å². The Morgan fingerprint density at radius 3 is 3.06 bits per heavy atom. The molecule has 0 unspecified atom stereocenters. The summed E-state index contributed by atoms with van der Waals surface area (Å²) >= 11 is 0. The van der Waals surface area contributed by atoms with Crippen molar-refractivity contribution >= 4 is 5.69 Å². The van der Waals surface area contributed by atoms with Gasteiger partial charge in [0.15, 0.2) is 0 Å². The van der Waals surface area contributed by atoms with Crippen LogP contribution in [-0.4, -0.2) is 38.1 Å². The van der Waals surface area contributed by atoms with Crippen molar-refractivity contribution in [2.75, 3.05) is 38.1 Å². The molecule has 0 aliphatic carbocycles. The van der Waals surface area contributed by atoms with Gasteiger partial charge in [0.05, 0.1) is 0 Å². The smallest absolute Gasteiger partial charge is 0.0434 e. The number of aryl methyl sites for hydroxylation is 1. The van der Waals surface area contributed by atoms with Crippen LogP contribution in [0.2, 0.25) is 0 Å². The minimum absolute atomic E-state index is 0.796. The molecule has 0 bridgehead atoms. The topological polar surface area (TPSA) is 6.48 Å². The molecule has 0 amide bonds. The highest BCUT2D eigenvalue weighted by molar-refractivity contribution is 5.64. The summed E-state index contributed by atoms with van der Waals surface area (Å²) in [5.74, 6) is 1.66. The zero-order chi connectivity index (χ0) is 11.4. The lowest BCUT2D eigenvalue weighted by Crippen LogP contribution is -2.40. The number of anilines is 1. The fraction of sp³-hybridized carbons (Fsp3) is 0.600. The zero-order valence-corrected chi connectivity index (χ0v) is 10.5. The Labute approximate surface area is 103 Å². The van der Waals surface area contributed by atoms with Gasteiger partial charge in [-0.3, -0.25) is 0 Å². The van der Waals surface area contributed by atoms with Crippen LogP contribution in [-0.2, 0) is 6.42 Å². The molecule has 3 heterocycles. The molecule has 2 heteroatoms. The van der Waals surface area contributed by atoms with E-state index in [1.807, 2.05) is 0 Å². The Bertz CT molecular complexity index is 454. The van der Waals surface area contributed by atoms with Crippen LogP contribution in [0.1, 0.15) is 23.5 Å². The average molecular weight is 228 g/mol. The van der Waals surface area contributed by atoms with Gasteiger partial charge in [-0.1, -0.05) is 18.2 Å². The van der Waals surface area contributed by atoms with Crippen LogP contribution in [0, 0.1) is 5.92 Å². The van der Waals surface area contributed by atoms with E-state index in [0.717, 1.165) is 11.8 Å². The lowest BCUT2D eigenvalue weighted by molar-refractivity contribution is 0.393. The lowest BCUT2D eigenvalue weighted by atomic mass is 9.80. The van der Waals surface area contributed by atoms with Crippen molar-refractivity contribution in [2.45, 2.75) is 18.8 Å². The molecule has 0 radical (unpaired) electrons. The van der Waals surface area contributed by atoms with Crippen molar-refractivity contribution in [3.05, 3.63) is 29.3 Å². The predicted molar refractivity (Wildman–Crippen MR) is 70.7 cm³/mol. The van der Waals surface area contributed by atoms with Crippen molar-refractivity contribution in [1.82, 2.24) is 4.90 Å². The summed E-state index contributed by atoms with van der Waals surface area (Å²) in [5.41, 5.74) is 4.85. The van der Waals surface area contributed by atoms with E-state index in [-0.39, 0.29) is 0 Å². The highest BCUT2D eigenvalue weighted by Gasteiger charge is 2.40. The molecule has 2 nitrogen and oxygen atoms in total. The third-order valence-electron chi connectivity index (χ3n) is 4.82. The van der Waals surface area contributed by atoms with Gasteiger partial charge >= 0.3 is 0 Å². The standard InChI is InChI=1S/C15H20N2/c1-16-8-12-9-17-7-3-5-11-4-2-6-13(15(11)17)14(12)10-16/h2,4,6,12,14H,3,5,7-10H2,1H3/t12-,14-/m0/s1. The number of hydrogen-bond donors (Lipinski definition) is 0. The van der Waals surface area contributed by atoms with Gasteiger partial charge in [0.25, 0.3) is 0 Å². The van der Waals surface area contributed by atoms with Crippen LogP contribution < -0.4 is 4.90 Å². The fourth-order valence-corrected chi connectivity index (χ4v) is 4.16. The second-order valence-electron chi connectivity index (χ2n) is 5.99. The first kappa shape index (κ1) is 9.95. The number of fused-ring (bicyclic) bond motifs is 2. The van der Waals surface area contributed by atoms with Crippen molar-refractivity contribution < 1.29 is 0 Å². The van der Waals surface area contributed by atoms with Gasteiger partial charge in [-0.2, -0.15) is 0 Å². The summed E-state index contributed by atoms with van der Waals surface area (Å²) in [5, 5.41) is 0. The predicted octanol–water partition coefficient (Wildman–Crippen LogP) is 2.10. The molecule has 3 aliphatic rings. The Morgan fingerprint density at radius 2 is 2.12 bits per heavy atom. The summed E-state index contributed by atoms with van der Waals surface area (Å²) in [4.78, 5) is 5.17. The van der Waals surface area contributed by atoms with Gasteiger partial charge in [0.1, 0.15) is 0 Å². The maximum Gasteiger partial charge on any atom is 0.0434 e.